The first kappa shape index (κ1) is 16.3. The summed E-state index contributed by atoms with van der Waals surface area (Å²) in [5.41, 5.74) is 2.65. The Morgan fingerprint density at radius 3 is 2.46 bits per heavy atom. The summed E-state index contributed by atoms with van der Waals surface area (Å²) in [5.74, 6) is 1.57. The lowest BCUT2D eigenvalue weighted by Crippen LogP contribution is -2.83. The lowest BCUT2D eigenvalue weighted by Gasteiger charge is -2.09. The maximum atomic E-state index is 5.37. The first-order chi connectivity index (χ1) is 11.8. The number of nitrogens with two attached hydrogens (primary N) is 1. The Morgan fingerprint density at radius 1 is 0.833 bits per heavy atom. The molecule has 124 valence electrons. The fraction of sp³-hybridized carbons (Fsp3) is 0.238. The number of hydrogen-bond acceptors (Lipinski definition) is 2. The molecule has 0 saturated carbocycles. The van der Waals surface area contributed by atoms with Crippen LogP contribution in [0.5, 0.6) is 11.5 Å². The van der Waals surface area contributed by atoms with E-state index < -0.39 is 0 Å². The highest BCUT2D eigenvalue weighted by atomic mass is 16.5. The van der Waals surface area contributed by atoms with Gasteiger partial charge in [0.1, 0.15) is 6.54 Å². The van der Waals surface area contributed by atoms with E-state index in [1.54, 1.807) is 14.2 Å². The minimum absolute atomic E-state index is 0.779. The highest BCUT2D eigenvalue weighted by Gasteiger charge is 2.06. The van der Waals surface area contributed by atoms with E-state index in [0.29, 0.717) is 0 Å². The van der Waals surface area contributed by atoms with Crippen molar-refractivity contribution in [3.63, 3.8) is 0 Å². The number of rotatable bonds is 7. The number of quaternary nitrogens is 1. The van der Waals surface area contributed by atoms with Crippen LogP contribution in [0.3, 0.4) is 0 Å². The van der Waals surface area contributed by atoms with Crippen molar-refractivity contribution in [3.8, 4) is 11.5 Å². The first-order valence-corrected chi connectivity index (χ1v) is 8.31. The second-order valence-electron chi connectivity index (χ2n) is 5.86. The molecule has 0 spiro atoms. The zero-order valence-corrected chi connectivity index (χ0v) is 14.3. The van der Waals surface area contributed by atoms with Gasteiger partial charge in [-0.25, -0.2) is 0 Å². The molecular weight excluding hydrogens is 298 g/mol. The maximum absolute atomic E-state index is 5.37. The molecule has 2 N–H and O–H groups in total. The third kappa shape index (κ3) is 3.69. The second-order valence-corrected chi connectivity index (χ2v) is 5.86. The maximum Gasteiger partial charge on any atom is 0.160 e. The third-order valence-corrected chi connectivity index (χ3v) is 4.33. The summed E-state index contributed by atoms with van der Waals surface area (Å²) in [5, 5.41) is 5.02. The minimum Gasteiger partial charge on any atom is -0.493 e. The Kier molecular flexibility index (Phi) is 5.34. The largest absolute Gasteiger partial charge is 0.493 e. The number of hydrogen-bond donors (Lipinski definition) is 1. The molecule has 0 aliphatic rings. The first-order valence-electron chi connectivity index (χ1n) is 8.31. The van der Waals surface area contributed by atoms with Gasteiger partial charge in [-0.1, -0.05) is 48.5 Å². The standard InChI is InChI=1S/C21H23NO2/c1-23-20-11-10-16(14-21(20)24-2)12-13-22-15-18-8-5-7-17-6-3-4-9-19(17)18/h3-11,14,22H,12-13,15H2,1-2H3/p+1. The Labute approximate surface area is 143 Å². The Bertz CT molecular complexity index is 809. The molecule has 0 bridgehead atoms. The van der Waals surface area contributed by atoms with E-state index in [4.69, 9.17) is 9.47 Å². The van der Waals surface area contributed by atoms with Crippen molar-refractivity contribution in [2.75, 3.05) is 20.8 Å². The smallest absolute Gasteiger partial charge is 0.160 e. The van der Waals surface area contributed by atoms with Gasteiger partial charge in [-0.05, 0) is 28.5 Å². The summed E-state index contributed by atoms with van der Waals surface area (Å²) in [6, 6.07) is 21.2. The predicted octanol–water partition coefficient (Wildman–Crippen LogP) is 3.16. The van der Waals surface area contributed by atoms with Crippen molar-refractivity contribution < 1.29 is 14.8 Å². The predicted molar refractivity (Wildman–Crippen MR) is 97.7 cm³/mol. The summed E-state index contributed by atoms with van der Waals surface area (Å²) in [6.07, 6.45) is 1.01. The number of benzene rings is 3. The van der Waals surface area contributed by atoms with Crippen molar-refractivity contribution in [1.29, 1.82) is 0 Å². The average Bonchev–Trinajstić information content (AvgIpc) is 2.65. The van der Waals surface area contributed by atoms with Crippen LogP contribution in [0.15, 0.2) is 60.7 Å². The van der Waals surface area contributed by atoms with E-state index in [9.17, 15) is 0 Å². The van der Waals surface area contributed by atoms with Gasteiger partial charge in [0.05, 0.1) is 20.8 Å². The van der Waals surface area contributed by atoms with Gasteiger partial charge in [-0.2, -0.15) is 0 Å². The molecule has 0 unspecified atom stereocenters. The molecule has 0 saturated heterocycles. The molecule has 0 heterocycles. The summed E-state index contributed by atoms with van der Waals surface area (Å²) in [7, 11) is 3.34. The lowest BCUT2D eigenvalue weighted by atomic mass is 10.0. The monoisotopic (exact) mass is 322 g/mol. The van der Waals surface area contributed by atoms with Crippen molar-refractivity contribution >= 4 is 10.8 Å². The van der Waals surface area contributed by atoms with Crippen LogP contribution in [0, 0.1) is 0 Å². The Balaban J connectivity index is 1.59. The van der Waals surface area contributed by atoms with Crippen molar-refractivity contribution in [2.45, 2.75) is 13.0 Å². The molecule has 24 heavy (non-hydrogen) atoms. The van der Waals surface area contributed by atoms with Crippen LogP contribution < -0.4 is 14.8 Å². The summed E-state index contributed by atoms with van der Waals surface area (Å²) >= 11 is 0. The van der Waals surface area contributed by atoms with Gasteiger partial charge in [0.25, 0.3) is 0 Å². The fourth-order valence-corrected chi connectivity index (χ4v) is 3.03. The molecule has 0 atom stereocenters. The van der Waals surface area contributed by atoms with E-state index in [2.05, 4.69) is 59.9 Å². The molecule has 0 fully saturated rings. The molecule has 3 heteroatoms. The zero-order chi connectivity index (χ0) is 16.8. The van der Waals surface area contributed by atoms with Crippen molar-refractivity contribution in [3.05, 3.63) is 71.8 Å². The van der Waals surface area contributed by atoms with Crippen LogP contribution in [-0.2, 0) is 13.0 Å². The molecule has 3 aromatic carbocycles. The van der Waals surface area contributed by atoms with E-state index in [0.717, 1.165) is 31.0 Å². The van der Waals surface area contributed by atoms with Crippen LogP contribution >= 0.6 is 0 Å². The van der Waals surface area contributed by atoms with Gasteiger partial charge in [-0.3, -0.25) is 0 Å². The summed E-state index contributed by atoms with van der Waals surface area (Å²) in [4.78, 5) is 0. The van der Waals surface area contributed by atoms with Crippen LogP contribution in [0.1, 0.15) is 11.1 Å². The van der Waals surface area contributed by atoms with E-state index in [1.165, 1.54) is 21.9 Å². The van der Waals surface area contributed by atoms with E-state index in [-0.39, 0.29) is 0 Å². The highest BCUT2D eigenvalue weighted by Crippen LogP contribution is 2.27. The minimum atomic E-state index is 0.779. The highest BCUT2D eigenvalue weighted by molar-refractivity contribution is 5.85. The Hall–Kier alpha value is -2.52. The molecule has 0 aromatic heterocycles. The average molecular weight is 322 g/mol. The molecule has 3 rings (SSSR count). The van der Waals surface area contributed by atoms with Gasteiger partial charge in [0.2, 0.25) is 0 Å². The fourth-order valence-electron chi connectivity index (χ4n) is 3.03. The van der Waals surface area contributed by atoms with Gasteiger partial charge in [0.15, 0.2) is 11.5 Å². The van der Waals surface area contributed by atoms with Crippen LogP contribution in [0.4, 0.5) is 0 Å². The SMILES string of the molecule is COc1ccc(CC[NH2+]Cc2cccc3ccccc23)cc1OC. The van der Waals surface area contributed by atoms with Gasteiger partial charge < -0.3 is 14.8 Å². The molecule has 0 aliphatic heterocycles. The second kappa shape index (κ2) is 7.84. The number of ether oxygens (including phenoxy) is 2. The summed E-state index contributed by atoms with van der Waals surface area (Å²) in [6.45, 7) is 2.04. The topological polar surface area (TPSA) is 35.1 Å². The number of fused-ring (bicyclic) bond motifs is 1. The van der Waals surface area contributed by atoms with E-state index >= 15 is 0 Å². The van der Waals surface area contributed by atoms with E-state index in [1.807, 2.05) is 6.07 Å². The normalized spacial score (nSPS) is 10.8. The Morgan fingerprint density at radius 2 is 1.62 bits per heavy atom. The molecule has 0 amide bonds. The molecule has 3 aromatic rings. The lowest BCUT2D eigenvalue weighted by molar-refractivity contribution is -0.669. The van der Waals surface area contributed by atoms with Crippen molar-refractivity contribution in [1.82, 2.24) is 0 Å². The molecule has 0 radical (unpaired) electrons. The van der Waals surface area contributed by atoms with Crippen LogP contribution in [-0.4, -0.2) is 20.8 Å². The van der Waals surface area contributed by atoms with Crippen molar-refractivity contribution in [2.24, 2.45) is 0 Å². The summed E-state index contributed by atoms with van der Waals surface area (Å²) < 4.78 is 10.6. The molecule has 0 aliphatic carbocycles. The molecule has 3 nitrogen and oxygen atoms in total. The zero-order valence-electron chi connectivity index (χ0n) is 14.3. The molecular formula is C21H24NO2+. The van der Waals surface area contributed by atoms with Gasteiger partial charge >= 0.3 is 0 Å². The third-order valence-electron chi connectivity index (χ3n) is 4.33. The van der Waals surface area contributed by atoms with Gasteiger partial charge in [0, 0.05) is 12.0 Å². The van der Waals surface area contributed by atoms with Crippen LogP contribution in [0.25, 0.3) is 10.8 Å². The van der Waals surface area contributed by atoms with Crippen LogP contribution in [0.2, 0.25) is 0 Å². The van der Waals surface area contributed by atoms with Gasteiger partial charge in [-0.15, -0.1) is 0 Å². The number of methoxy groups -OCH3 is 2. The quantitative estimate of drug-likeness (QED) is 0.678.